The molecule has 2 unspecified atom stereocenters. The van der Waals surface area contributed by atoms with Crippen LogP contribution in [0.5, 0.6) is 0 Å². The predicted molar refractivity (Wildman–Crippen MR) is 335 cm³/mol. The van der Waals surface area contributed by atoms with Gasteiger partial charge in [-0.05, 0) is 83.5 Å². The zero-order chi connectivity index (χ0) is 57.0. The van der Waals surface area contributed by atoms with Gasteiger partial charge in [-0.25, -0.2) is 4.57 Å². The Hall–Kier alpha value is -2.81. The van der Waals surface area contributed by atoms with Crippen molar-refractivity contribution < 1.29 is 42.1 Å². The topological polar surface area (TPSA) is 108 Å². The quantitative estimate of drug-likeness (QED) is 0.0211. The highest BCUT2D eigenvalue weighted by atomic mass is 31.2. The summed E-state index contributed by atoms with van der Waals surface area (Å²) in [7, 11) is 1.47. The fourth-order valence-electron chi connectivity index (χ4n) is 8.96. The minimum absolute atomic E-state index is 0.0288. The first kappa shape index (κ1) is 75.2. The number of carbonyl (C=O) groups is 2. The Bertz CT molecular complexity index is 1590. The van der Waals surface area contributed by atoms with Crippen LogP contribution in [0.4, 0.5) is 0 Å². The number of hydrogen-bond donors (Lipinski definition) is 1. The Morgan fingerprint density at radius 3 is 1.09 bits per heavy atom. The Morgan fingerprint density at radius 1 is 0.410 bits per heavy atom. The summed E-state index contributed by atoms with van der Waals surface area (Å²) in [5.41, 5.74) is 0. The van der Waals surface area contributed by atoms with Gasteiger partial charge < -0.3 is 18.9 Å². The maximum atomic E-state index is 12.8. The van der Waals surface area contributed by atoms with Crippen molar-refractivity contribution >= 4 is 19.8 Å². The highest BCUT2D eigenvalue weighted by molar-refractivity contribution is 7.47. The second-order valence-corrected chi connectivity index (χ2v) is 24.2. The van der Waals surface area contributed by atoms with E-state index in [0.717, 1.165) is 96.3 Å². The molecule has 0 spiro atoms. The molecule has 0 aromatic carbocycles. The average molecular weight is 1110 g/mol. The van der Waals surface area contributed by atoms with Gasteiger partial charge >= 0.3 is 19.8 Å². The van der Waals surface area contributed by atoms with E-state index in [2.05, 4.69) is 98.9 Å². The minimum Gasteiger partial charge on any atom is -0.462 e. The monoisotopic (exact) mass is 1110 g/mol. The highest BCUT2D eigenvalue weighted by Crippen LogP contribution is 2.43. The molecule has 0 saturated heterocycles. The maximum Gasteiger partial charge on any atom is 0.472 e. The molecular formula is C68H123NO8P+. The summed E-state index contributed by atoms with van der Waals surface area (Å²) < 4.78 is 34.5. The number of rotatable bonds is 59. The highest BCUT2D eigenvalue weighted by Gasteiger charge is 2.27. The van der Waals surface area contributed by atoms with Gasteiger partial charge in [-0.3, -0.25) is 18.6 Å². The third-order valence-corrected chi connectivity index (χ3v) is 14.9. The molecule has 0 bridgehead atoms. The van der Waals surface area contributed by atoms with E-state index in [0.29, 0.717) is 17.4 Å². The normalized spacial score (nSPS) is 13.8. The van der Waals surface area contributed by atoms with Crippen molar-refractivity contribution in [2.75, 3.05) is 47.5 Å². The zero-order valence-electron chi connectivity index (χ0n) is 51.4. The van der Waals surface area contributed by atoms with Crippen molar-refractivity contribution in [2.24, 2.45) is 0 Å². The molecule has 0 fully saturated rings. The maximum absolute atomic E-state index is 12.8. The van der Waals surface area contributed by atoms with Crippen molar-refractivity contribution in [1.82, 2.24) is 0 Å². The molecule has 0 aliphatic carbocycles. The third-order valence-electron chi connectivity index (χ3n) is 13.9. The molecule has 0 aliphatic heterocycles. The van der Waals surface area contributed by atoms with Crippen molar-refractivity contribution in [3.63, 3.8) is 0 Å². The van der Waals surface area contributed by atoms with E-state index in [1.165, 1.54) is 154 Å². The fourth-order valence-corrected chi connectivity index (χ4v) is 9.71. The number of carbonyl (C=O) groups excluding carboxylic acids is 2. The van der Waals surface area contributed by atoms with E-state index in [9.17, 15) is 19.0 Å². The lowest BCUT2D eigenvalue weighted by Gasteiger charge is -2.24. The van der Waals surface area contributed by atoms with Gasteiger partial charge in [0, 0.05) is 12.8 Å². The number of hydrogen-bond acceptors (Lipinski definition) is 7. The molecule has 0 amide bonds. The van der Waals surface area contributed by atoms with Gasteiger partial charge in [-0.1, -0.05) is 272 Å². The smallest absolute Gasteiger partial charge is 0.462 e. The summed E-state index contributed by atoms with van der Waals surface area (Å²) >= 11 is 0. The molecule has 0 aromatic rings. The van der Waals surface area contributed by atoms with E-state index in [4.69, 9.17) is 18.5 Å². The summed E-state index contributed by atoms with van der Waals surface area (Å²) in [6.45, 7) is 4.25. The second-order valence-electron chi connectivity index (χ2n) is 22.8. The number of esters is 2. The van der Waals surface area contributed by atoms with Gasteiger partial charge in [-0.2, -0.15) is 0 Å². The Balaban J connectivity index is 3.87. The first-order chi connectivity index (χ1) is 38.0. The van der Waals surface area contributed by atoms with E-state index < -0.39 is 26.5 Å². The van der Waals surface area contributed by atoms with Crippen LogP contribution in [0, 0.1) is 0 Å². The van der Waals surface area contributed by atoms with Gasteiger partial charge in [0.05, 0.1) is 27.7 Å². The van der Waals surface area contributed by atoms with Gasteiger partial charge in [0.15, 0.2) is 6.10 Å². The van der Waals surface area contributed by atoms with Crippen LogP contribution in [0.1, 0.15) is 284 Å². The first-order valence-corrected chi connectivity index (χ1v) is 33.8. The molecule has 1 N–H and O–H groups in total. The van der Waals surface area contributed by atoms with Gasteiger partial charge in [-0.15, -0.1) is 0 Å². The number of nitrogens with zero attached hydrogens (tertiary/aromatic N) is 1. The molecule has 9 nitrogen and oxygen atoms in total. The zero-order valence-corrected chi connectivity index (χ0v) is 52.3. The summed E-state index contributed by atoms with van der Waals surface area (Å²) in [6, 6.07) is 0. The molecule has 2 atom stereocenters. The van der Waals surface area contributed by atoms with E-state index in [1.807, 2.05) is 21.1 Å². The molecule has 78 heavy (non-hydrogen) atoms. The number of phosphoric ester groups is 1. The molecule has 0 aliphatic rings. The van der Waals surface area contributed by atoms with Crippen LogP contribution in [-0.2, 0) is 32.7 Å². The number of unbranched alkanes of at least 4 members (excludes halogenated alkanes) is 31. The lowest BCUT2D eigenvalue weighted by atomic mass is 10.0. The van der Waals surface area contributed by atoms with Crippen molar-refractivity contribution in [1.29, 1.82) is 0 Å². The molecule has 0 saturated carbocycles. The second kappa shape index (κ2) is 58.8. The van der Waals surface area contributed by atoms with Crippen LogP contribution >= 0.6 is 7.82 Å². The molecule has 0 radical (unpaired) electrons. The van der Waals surface area contributed by atoms with Gasteiger partial charge in [0.1, 0.15) is 19.8 Å². The van der Waals surface area contributed by atoms with Gasteiger partial charge in [0.25, 0.3) is 0 Å². The van der Waals surface area contributed by atoms with Crippen LogP contribution in [0.15, 0.2) is 85.1 Å². The van der Waals surface area contributed by atoms with Crippen molar-refractivity contribution in [3.05, 3.63) is 85.1 Å². The van der Waals surface area contributed by atoms with E-state index in [-0.39, 0.29) is 32.0 Å². The SMILES string of the molecule is CC/C=C\C/C=C\C/C=C\C/C=C\C/C=C\CCCCCCCCCCCCCCCCCCCCCCCCCCCC(=O)OC(COC(=O)CCCCCCC/C=C\C/C=C\CCC)COP(=O)(O)OCC[N+](C)(C)C. The summed E-state index contributed by atoms with van der Waals surface area (Å²) in [6.07, 6.45) is 79.9. The minimum atomic E-state index is -4.39. The lowest BCUT2D eigenvalue weighted by Crippen LogP contribution is -2.37. The molecule has 10 heteroatoms. The predicted octanol–water partition coefficient (Wildman–Crippen LogP) is 20.6. The largest absolute Gasteiger partial charge is 0.472 e. The fraction of sp³-hybridized carbons (Fsp3) is 0.765. The van der Waals surface area contributed by atoms with E-state index >= 15 is 0 Å². The molecule has 0 heterocycles. The van der Waals surface area contributed by atoms with Crippen LogP contribution in [0.25, 0.3) is 0 Å². The van der Waals surface area contributed by atoms with E-state index in [1.54, 1.807) is 0 Å². The number of quaternary nitrogens is 1. The van der Waals surface area contributed by atoms with Crippen LogP contribution in [0.2, 0.25) is 0 Å². The van der Waals surface area contributed by atoms with Gasteiger partial charge in [0.2, 0.25) is 0 Å². The Morgan fingerprint density at radius 2 is 0.731 bits per heavy atom. The van der Waals surface area contributed by atoms with Crippen LogP contribution in [-0.4, -0.2) is 74.9 Å². The molecular weight excluding hydrogens is 990 g/mol. The number of allylic oxidation sites excluding steroid dienone is 14. The van der Waals surface area contributed by atoms with Crippen molar-refractivity contribution in [3.8, 4) is 0 Å². The molecule has 0 aromatic heterocycles. The average Bonchev–Trinajstić information content (AvgIpc) is 3.40. The summed E-state index contributed by atoms with van der Waals surface area (Å²) in [4.78, 5) is 35.6. The molecule has 452 valence electrons. The standard InChI is InChI=1S/C68H122NO8P/c1-6-8-10-12-14-16-18-20-21-22-23-24-25-26-27-28-29-30-31-32-33-34-35-36-37-38-39-40-41-42-43-44-45-46-47-49-51-53-55-57-59-61-68(71)77-66(65-76-78(72,73)75-63-62-69(3,4)5)64-74-67(70)60-58-56-54-52-50-48-19-17-15-13-11-9-7-2/h8,10-11,13-14,16-17,19-21,23-24,26-27,66H,6-7,9,12,15,18,22,25,28-65H2,1-5H3/p+1/b10-8-,13-11-,16-14-,19-17-,21-20-,24-23-,27-26-. The van der Waals surface area contributed by atoms with Crippen LogP contribution < -0.4 is 0 Å². The number of ether oxygens (including phenoxy) is 2. The molecule has 0 rings (SSSR count). The summed E-state index contributed by atoms with van der Waals surface area (Å²) in [5, 5.41) is 0. The Labute approximate surface area is 481 Å². The Kier molecular flexibility index (Phi) is 56.7. The summed E-state index contributed by atoms with van der Waals surface area (Å²) in [5.74, 6) is -0.807. The lowest BCUT2D eigenvalue weighted by molar-refractivity contribution is -0.870. The van der Waals surface area contributed by atoms with Crippen LogP contribution in [0.3, 0.4) is 0 Å². The third kappa shape index (κ3) is 62.4. The van der Waals surface area contributed by atoms with Crippen molar-refractivity contribution in [2.45, 2.75) is 290 Å². The number of likely N-dealkylation sites (N-methyl/N-ethyl adjacent to an activating group) is 1. The first-order valence-electron chi connectivity index (χ1n) is 32.3. The number of phosphoric acid groups is 1.